The molecule has 1 heterocycles. The maximum Gasteiger partial charge on any atom is 0.336 e. The largest absolute Gasteiger partial charge is 0.486 e. The van der Waals surface area contributed by atoms with Gasteiger partial charge in [0.15, 0.2) is 5.82 Å². The number of carboxylic acids is 1. The molecule has 0 amide bonds. The standard InChI is InChI=1S/C12H9BrN2O3/c13-10-3-2-8(6-9(10)12(16)17)18-7-11-14-4-1-5-15-11/h1-6H,7H2,(H,16,17). The van der Waals surface area contributed by atoms with Gasteiger partial charge in [-0.05, 0) is 40.2 Å². The van der Waals surface area contributed by atoms with E-state index in [1.54, 1.807) is 30.6 Å². The zero-order valence-corrected chi connectivity index (χ0v) is 10.8. The molecule has 0 unspecified atom stereocenters. The van der Waals surface area contributed by atoms with Gasteiger partial charge in [0, 0.05) is 16.9 Å². The summed E-state index contributed by atoms with van der Waals surface area (Å²) in [5, 5.41) is 8.97. The average Bonchev–Trinajstić information content (AvgIpc) is 2.38. The molecule has 5 nitrogen and oxygen atoms in total. The summed E-state index contributed by atoms with van der Waals surface area (Å²) in [4.78, 5) is 19.0. The highest BCUT2D eigenvalue weighted by Crippen LogP contribution is 2.23. The molecule has 0 bridgehead atoms. The Balaban J connectivity index is 2.11. The van der Waals surface area contributed by atoms with Gasteiger partial charge in [-0.25, -0.2) is 14.8 Å². The van der Waals surface area contributed by atoms with Crippen LogP contribution in [0.4, 0.5) is 0 Å². The van der Waals surface area contributed by atoms with Gasteiger partial charge in [0.1, 0.15) is 12.4 Å². The number of halogens is 1. The van der Waals surface area contributed by atoms with Crippen molar-refractivity contribution in [2.45, 2.75) is 6.61 Å². The van der Waals surface area contributed by atoms with Crippen LogP contribution in [-0.4, -0.2) is 21.0 Å². The van der Waals surface area contributed by atoms with Gasteiger partial charge in [-0.3, -0.25) is 0 Å². The number of carbonyl (C=O) groups is 1. The van der Waals surface area contributed by atoms with Gasteiger partial charge in [0.2, 0.25) is 0 Å². The number of aromatic nitrogens is 2. The van der Waals surface area contributed by atoms with E-state index < -0.39 is 5.97 Å². The van der Waals surface area contributed by atoms with Crippen molar-refractivity contribution in [1.29, 1.82) is 0 Å². The molecule has 0 radical (unpaired) electrons. The minimum absolute atomic E-state index is 0.154. The van der Waals surface area contributed by atoms with Crippen molar-refractivity contribution in [3.63, 3.8) is 0 Å². The molecule has 1 aromatic heterocycles. The molecule has 0 saturated heterocycles. The lowest BCUT2D eigenvalue weighted by Gasteiger charge is -2.06. The molecule has 0 atom stereocenters. The van der Waals surface area contributed by atoms with E-state index in [-0.39, 0.29) is 12.2 Å². The third kappa shape index (κ3) is 3.04. The van der Waals surface area contributed by atoms with E-state index in [2.05, 4.69) is 25.9 Å². The van der Waals surface area contributed by atoms with E-state index in [1.165, 1.54) is 6.07 Å². The molecule has 0 aliphatic carbocycles. The summed E-state index contributed by atoms with van der Waals surface area (Å²) in [7, 11) is 0. The summed E-state index contributed by atoms with van der Waals surface area (Å²) >= 11 is 3.17. The average molecular weight is 309 g/mol. The normalized spacial score (nSPS) is 10.1. The zero-order valence-electron chi connectivity index (χ0n) is 9.21. The van der Waals surface area contributed by atoms with E-state index in [0.29, 0.717) is 16.0 Å². The number of hydrogen-bond acceptors (Lipinski definition) is 4. The second-order valence-electron chi connectivity index (χ2n) is 3.40. The Kier molecular flexibility index (Phi) is 3.88. The molecule has 1 N–H and O–H groups in total. The lowest BCUT2D eigenvalue weighted by atomic mass is 10.2. The Hall–Kier alpha value is -1.95. The first-order valence-electron chi connectivity index (χ1n) is 5.08. The molecule has 0 saturated carbocycles. The molecule has 1 aromatic carbocycles. The van der Waals surface area contributed by atoms with Gasteiger partial charge in [-0.15, -0.1) is 0 Å². The Morgan fingerprint density at radius 1 is 1.33 bits per heavy atom. The number of ether oxygens (including phenoxy) is 1. The van der Waals surface area contributed by atoms with E-state index in [0.717, 1.165) is 0 Å². The third-order valence-electron chi connectivity index (χ3n) is 2.16. The molecule has 0 aliphatic heterocycles. The second kappa shape index (κ2) is 5.59. The van der Waals surface area contributed by atoms with Gasteiger partial charge >= 0.3 is 5.97 Å². The molecule has 2 aromatic rings. The number of rotatable bonds is 4. The van der Waals surface area contributed by atoms with Crippen molar-refractivity contribution in [3.05, 3.63) is 52.5 Å². The number of benzene rings is 1. The highest BCUT2D eigenvalue weighted by molar-refractivity contribution is 9.10. The third-order valence-corrected chi connectivity index (χ3v) is 2.85. The zero-order chi connectivity index (χ0) is 13.0. The first-order chi connectivity index (χ1) is 8.66. The molecule has 92 valence electrons. The van der Waals surface area contributed by atoms with Gasteiger partial charge in [-0.2, -0.15) is 0 Å². The van der Waals surface area contributed by atoms with Gasteiger partial charge < -0.3 is 9.84 Å². The quantitative estimate of drug-likeness (QED) is 0.939. The Morgan fingerprint density at radius 3 is 2.72 bits per heavy atom. The van der Waals surface area contributed by atoms with Crippen molar-refractivity contribution in [2.75, 3.05) is 0 Å². The van der Waals surface area contributed by atoms with Crippen molar-refractivity contribution in [2.24, 2.45) is 0 Å². The van der Waals surface area contributed by atoms with Crippen LogP contribution in [0.25, 0.3) is 0 Å². The number of carboxylic acid groups (broad SMARTS) is 1. The first-order valence-corrected chi connectivity index (χ1v) is 5.87. The predicted octanol–water partition coefficient (Wildman–Crippen LogP) is 2.52. The van der Waals surface area contributed by atoms with Crippen LogP contribution >= 0.6 is 15.9 Å². The topological polar surface area (TPSA) is 72.3 Å². The minimum atomic E-state index is -1.01. The number of nitrogens with zero attached hydrogens (tertiary/aromatic N) is 2. The number of hydrogen-bond donors (Lipinski definition) is 1. The Morgan fingerprint density at radius 2 is 2.06 bits per heavy atom. The molecule has 6 heteroatoms. The van der Waals surface area contributed by atoms with E-state index in [4.69, 9.17) is 9.84 Å². The van der Waals surface area contributed by atoms with Gasteiger partial charge in [-0.1, -0.05) is 0 Å². The highest BCUT2D eigenvalue weighted by Gasteiger charge is 2.09. The highest BCUT2D eigenvalue weighted by atomic mass is 79.9. The summed E-state index contributed by atoms with van der Waals surface area (Å²) in [5.74, 6) is -0.0105. The Labute approximate surface area is 112 Å². The second-order valence-corrected chi connectivity index (χ2v) is 4.25. The minimum Gasteiger partial charge on any atom is -0.486 e. The monoisotopic (exact) mass is 308 g/mol. The van der Waals surface area contributed by atoms with E-state index in [1.807, 2.05) is 0 Å². The summed E-state index contributed by atoms with van der Waals surface area (Å²) in [6.07, 6.45) is 3.24. The van der Waals surface area contributed by atoms with Crippen LogP contribution in [0.15, 0.2) is 41.1 Å². The summed E-state index contributed by atoms with van der Waals surface area (Å²) in [6.45, 7) is 0.196. The van der Waals surface area contributed by atoms with Crippen LogP contribution in [-0.2, 0) is 6.61 Å². The van der Waals surface area contributed by atoms with E-state index in [9.17, 15) is 4.79 Å². The fourth-order valence-electron chi connectivity index (χ4n) is 1.31. The van der Waals surface area contributed by atoms with Crippen molar-refractivity contribution in [3.8, 4) is 5.75 Å². The summed E-state index contributed by atoms with van der Waals surface area (Å²) in [5.41, 5.74) is 0.154. The van der Waals surface area contributed by atoms with Crippen molar-refractivity contribution in [1.82, 2.24) is 9.97 Å². The molecule has 18 heavy (non-hydrogen) atoms. The fraction of sp³-hybridized carbons (Fsp3) is 0.0833. The summed E-state index contributed by atoms with van der Waals surface area (Å²) in [6, 6.07) is 6.48. The Bertz CT molecular complexity index is 561. The molecule has 0 aliphatic rings. The summed E-state index contributed by atoms with van der Waals surface area (Å²) < 4.78 is 5.94. The fourth-order valence-corrected chi connectivity index (χ4v) is 1.73. The first kappa shape index (κ1) is 12.5. The molecular weight excluding hydrogens is 300 g/mol. The van der Waals surface area contributed by atoms with Gasteiger partial charge in [0.05, 0.1) is 5.56 Å². The van der Waals surface area contributed by atoms with Crippen LogP contribution in [0, 0.1) is 0 Å². The van der Waals surface area contributed by atoms with Crippen LogP contribution in [0.3, 0.4) is 0 Å². The van der Waals surface area contributed by atoms with Crippen LogP contribution in [0.5, 0.6) is 5.75 Å². The van der Waals surface area contributed by atoms with E-state index >= 15 is 0 Å². The predicted molar refractivity (Wildman–Crippen MR) is 67.5 cm³/mol. The van der Waals surface area contributed by atoms with Gasteiger partial charge in [0.25, 0.3) is 0 Å². The van der Waals surface area contributed by atoms with Crippen LogP contribution < -0.4 is 4.74 Å². The van der Waals surface area contributed by atoms with Crippen molar-refractivity contribution < 1.29 is 14.6 Å². The lowest BCUT2D eigenvalue weighted by molar-refractivity contribution is 0.0695. The molecule has 0 spiro atoms. The smallest absolute Gasteiger partial charge is 0.336 e. The molecule has 0 fully saturated rings. The maximum absolute atomic E-state index is 10.9. The lowest BCUT2D eigenvalue weighted by Crippen LogP contribution is -2.02. The van der Waals surface area contributed by atoms with Crippen LogP contribution in [0.2, 0.25) is 0 Å². The van der Waals surface area contributed by atoms with Crippen LogP contribution in [0.1, 0.15) is 16.2 Å². The molecular formula is C12H9BrN2O3. The SMILES string of the molecule is O=C(O)c1cc(OCc2ncccn2)ccc1Br. The molecule has 2 rings (SSSR count). The number of aromatic carboxylic acids is 1. The maximum atomic E-state index is 10.9. The van der Waals surface area contributed by atoms with Crippen molar-refractivity contribution >= 4 is 21.9 Å².